The first-order chi connectivity index (χ1) is 7.06. The van der Waals surface area contributed by atoms with Gasteiger partial charge in [0.05, 0.1) is 6.21 Å². The van der Waals surface area contributed by atoms with E-state index in [1.807, 2.05) is 13.8 Å². The summed E-state index contributed by atoms with van der Waals surface area (Å²) in [6.45, 7) is 3.76. The van der Waals surface area contributed by atoms with Crippen molar-refractivity contribution in [1.82, 2.24) is 0 Å². The first-order valence-corrected chi connectivity index (χ1v) is 4.65. The molecular formula is C11H14FNO2. The van der Waals surface area contributed by atoms with E-state index in [1.54, 1.807) is 0 Å². The molecule has 1 aromatic carbocycles. The zero-order valence-electron chi connectivity index (χ0n) is 8.99. The normalized spacial score (nSPS) is 11.3. The molecule has 0 fully saturated rings. The van der Waals surface area contributed by atoms with Gasteiger partial charge in [-0.05, 0) is 23.6 Å². The average Bonchev–Trinajstić information content (AvgIpc) is 2.18. The molecular weight excluding hydrogens is 197 g/mol. The molecule has 1 aromatic rings. The smallest absolute Gasteiger partial charge is 0.128 e. The zero-order chi connectivity index (χ0) is 11.4. The molecule has 0 aliphatic heterocycles. The molecule has 0 saturated heterocycles. The second kappa shape index (κ2) is 4.77. The van der Waals surface area contributed by atoms with Crippen LogP contribution < -0.4 is 0 Å². The molecule has 0 aliphatic rings. The summed E-state index contributed by atoms with van der Waals surface area (Å²) in [5.74, 6) is -0.295. The third kappa shape index (κ3) is 2.68. The highest BCUT2D eigenvalue weighted by Crippen LogP contribution is 2.29. The minimum absolute atomic E-state index is 0.0483. The van der Waals surface area contributed by atoms with Crippen molar-refractivity contribution in [2.24, 2.45) is 5.16 Å². The first-order valence-electron chi connectivity index (χ1n) is 4.65. The molecule has 0 atom stereocenters. The Morgan fingerprint density at radius 3 is 2.67 bits per heavy atom. The summed E-state index contributed by atoms with van der Waals surface area (Å²) >= 11 is 0. The van der Waals surface area contributed by atoms with Gasteiger partial charge < -0.3 is 9.94 Å². The van der Waals surface area contributed by atoms with Crippen LogP contribution in [0.15, 0.2) is 17.3 Å². The maximum absolute atomic E-state index is 13.2. The summed E-state index contributed by atoms with van der Waals surface area (Å²) in [6, 6.07) is 2.54. The van der Waals surface area contributed by atoms with Gasteiger partial charge in [-0.25, -0.2) is 4.39 Å². The molecule has 0 aromatic heterocycles. The fraction of sp³-hybridized carbons (Fsp3) is 0.364. The summed E-state index contributed by atoms with van der Waals surface area (Å²) in [5, 5.41) is 13.3. The maximum Gasteiger partial charge on any atom is 0.128 e. The Morgan fingerprint density at radius 1 is 1.47 bits per heavy atom. The standard InChI is InChI=1S/C11H14FNO2/c1-7(2)10-5-9(12)4-8(11(10)14)6-13-15-3/h4-7,14H,1-3H3/b13-6+. The topological polar surface area (TPSA) is 41.8 Å². The Kier molecular flexibility index (Phi) is 3.66. The molecule has 3 nitrogen and oxygen atoms in total. The van der Waals surface area contributed by atoms with Crippen molar-refractivity contribution in [2.75, 3.05) is 7.11 Å². The molecule has 0 spiro atoms. The predicted molar refractivity (Wildman–Crippen MR) is 56.8 cm³/mol. The Labute approximate surface area is 88.2 Å². The van der Waals surface area contributed by atoms with E-state index >= 15 is 0 Å². The lowest BCUT2D eigenvalue weighted by Crippen LogP contribution is -1.95. The van der Waals surface area contributed by atoms with E-state index in [-0.39, 0.29) is 11.7 Å². The van der Waals surface area contributed by atoms with Crippen molar-refractivity contribution < 1.29 is 14.3 Å². The number of phenols is 1. The van der Waals surface area contributed by atoms with Crippen molar-refractivity contribution in [3.8, 4) is 5.75 Å². The fourth-order valence-electron chi connectivity index (χ4n) is 1.29. The number of hydrogen-bond donors (Lipinski definition) is 1. The highest BCUT2D eigenvalue weighted by atomic mass is 19.1. The minimum Gasteiger partial charge on any atom is -0.507 e. The van der Waals surface area contributed by atoms with Crippen LogP contribution in [0.3, 0.4) is 0 Å². The number of aromatic hydroxyl groups is 1. The van der Waals surface area contributed by atoms with Crippen LogP contribution in [-0.4, -0.2) is 18.4 Å². The number of oxime groups is 1. The quantitative estimate of drug-likeness (QED) is 0.616. The molecule has 82 valence electrons. The van der Waals surface area contributed by atoms with Gasteiger partial charge in [-0.2, -0.15) is 0 Å². The van der Waals surface area contributed by atoms with Crippen LogP contribution in [0.2, 0.25) is 0 Å². The molecule has 0 saturated carbocycles. The first kappa shape index (κ1) is 11.5. The van der Waals surface area contributed by atoms with E-state index in [4.69, 9.17) is 0 Å². The fourth-order valence-corrected chi connectivity index (χ4v) is 1.29. The molecule has 1 rings (SSSR count). The number of rotatable bonds is 3. The summed E-state index contributed by atoms with van der Waals surface area (Å²) in [5.41, 5.74) is 0.883. The van der Waals surface area contributed by atoms with Crippen molar-refractivity contribution >= 4 is 6.21 Å². The number of benzene rings is 1. The van der Waals surface area contributed by atoms with E-state index in [0.717, 1.165) is 0 Å². The predicted octanol–water partition coefficient (Wildman–Crippen LogP) is 2.64. The molecule has 0 heterocycles. The van der Waals surface area contributed by atoms with Crippen molar-refractivity contribution in [1.29, 1.82) is 0 Å². The highest BCUT2D eigenvalue weighted by Gasteiger charge is 2.11. The van der Waals surface area contributed by atoms with Gasteiger partial charge in [0.25, 0.3) is 0 Å². The second-order valence-electron chi connectivity index (χ2n) is 3.50. The average molecular weight is 211 g/mol. The van der Waals surface area contributed by atoms with Gasteiger partial charge >= 0.3 is 0 Å². The highest BCUT2D eigenvalue weighted by molar-refractivity contribution is 5.83. The van der Waals surface area contributed by atoms with E-state index in [0.29, 0.717) is 11.1 Å². The summed E-state index contributed by atoms with van der Waals surface area (Å²) < 4.78 is 13.2. The second-order valence-corrected chi connectivity index (χ2v) is 3.50. The lowest BCUT2D eigenvalue weighted by molar-refractivity contribution is 0.215. The monoisotopic (exact) mass is 211 g/mol. The zero-order valence-corrected chi connectivity index (χ0v) is 8.99. The van der Waals surface area contributed by atoms with Crippen LogP contribution in [0.1, 0.15) is 30.9 Å². The van der Waals surface area contributed by atoms with Gasteiger partial charge in [-0.15, -0.1) is 0 Å². The largest absolute Gasteiger partial charge is 0.507 e. The SMILES string of the molecule is CO/N=C/c1cc(F)cc(C(C)C)c1O. The lowest BCUT2D eigenvalue weighted by atomic mass is 9.99. The Balaban J connectivity index is 3.22. The number of nitrogens with zero attached hydrogens (tertiary/aromatic N) is 1. The molecule has 1 N–H and O–H groups in total. The molecule has 0 radical (unpaired) electrons. The van der Waals surface area contributed by atoms with E-state index in [1.165, 1.54) is 25.5 Å². The van der Waals surface area contributed by atoms with Crippen LogP contribution in [0.5, 0.6) is 5.75 Å². The molecule has 0 unspecified atom stereocenters. The van der Waals surface area contributed by atoms with Crippen LogP contribution in [-0.2, 0) is 4.84 Å². The number of hydrogen-bond acceptors (Lipinski definition) is 3. The van der Waals surface area contributed by atoms with Gasteiger partial charge in [0, 0.05) is 5.56 Å². The van der Waals surface area contributed by atoms with E-state index in [9.17, 15) is 9.50 Å². The summed E-state index contributed by atoms with van der Waals surface area (Å²) in [7, 11) is 1.39. The number of halogens is 1. The lowest BCUT2D eigenvalue weighted by Gasteiger charge is -2.10. The van der Waals surface area contributed by atoms with E-state index < -0.39 is 5.82 Å². The Morgan fingerprint density at radius 2 is 2.13 bits per heavy atom. The molecule has 4 heteroatoms. The van der Waals surface area contributed by atoms with E-state index in [2.05, 4.69) is 9.99 Å². The third-order valence-corrected chi connectivity index (χ3v) is 2.05. The van der Waals surface area contributed by atoms with Gasteiger partial charge in [-0.3, -0.25) is 0 Å². The third-order valence-electron chi connectivity index (χ3n) is 2.05. The van der Waals surface area contributed by atoms with Gasteiger partial charge in [0.15, 0.2) is 0 Å². The molecule has 0 bridgehead atoms. The van der Waals surface area contributed by atoms with Crippen molar-refractivity contribution in [2.45, 2.75) is 19.8 Å². The van der Waals surface area contributed by atoms with Crippen LogP contribution in [0.25, 0.3) is 0 Å². The van der Waals surface area contributed by atoms with Crippen molar-refractivity contribution in [3.05, 3.63) is 29.1 Å². The Hall–Kier alpha value is -1.58. The van der Waals surface area contributed by atoms with Crippen molar-refractivity contribution in [3.63, 3.8) is 0 Å². The molecule has 15 heavy (non-hydrogen) atoms. The maximum atomic E-state index is 13.2. The van der Waals surface area contributed by atoms with Crippen LogP contribution in [0, 0.1) is 5.82 Å². The van der Waals surface area contributed by atoms with Crippen LogP contribution >= 0.6 is 0 Å². The van der Waals surface area contributed by atoms with Crippen LogP contribution in [0.4, 0.5) is 4.39 Å². The Bertz CT molecular complexity index is 375. The minimum atomic E-state index is -0.394. The van der Waals surface area contributed by atoms with Gasteiger partial charge in [-0.1, -0.05) is 19.0 Å². The van der Waals surface area contributed by atoms with Gasteiger partial charge in [0.2, 0.25) is 0 Å². The summed E-state index contributed by atoms with van der Waals surface area (Å²) in [4.78, 5) is 4.48. The number of phenolic OH excluding ortho intramolecular Hbond substituents is 1. The molecule has 0 amide bonds. The molecule has 0 aliphatic carbocycles. The summed E-state index contributed by atoms with van der Waals surface area (Å²) in [6.07, 6.45) is 1.28. The van der Waals surface area contributed by atoms with Gasteiger partial charge in [0.1, 0.15) is 18.7 Å².